The van der Waals surface area contributed by atoms with Crippen molar-refractivity contribution in [2.24, 2.45) is 0 Å². The molecule has 1 N–H and O–H groups in total. The summed E-state index contributed by atoms with van der Waals surface area (Å²) in [6, 6.07) is 12.4. The van der Waals surface area contributed by atoms with Gasteiger partial charge in [-0.2, -0.15) is 0 Å². The quantitative estimate of drug-likeness (QED) is 0.527. The molecule has 0 aliphatic carbocycles. The molecule has 2 aromatic carbocycles. The zero-order valence-electron chi connectivity index (χ0n) is 17.4. The van der Waals surface area contributed by atoms with Crippen molar-refractivity contribution in [3.8, 4) is 11.5 Å². The average Bonchev–Trinajstić information content (AvgIpc) is 2.76. The van der Waals surface area contributed by atoms with Crippen molar-refractivity contribution >= 4 is 34.1 Å². The third-order valence-electron chi connectivity index (χ3n) is 4.90. The molecule has 6 nitrogen and oxygen atoms in total. The van der Waals surface area contributed by atoms with Crippen molar-refractivity contribution < 1.29 is 14.3 Å². The number of fused-ring (bicyclic) bond motifs is 1. The molecule has 1 aromatic heterocycles. The number of hydrogen-bond donors (Lipinski definition) is 1. The van der Waals surface area contributed by atoms with Crippen LogP contribution in [0.2, 0.25) is 5.02 Å². The van der Waals surface area contributed by atoms with Crippen LogP contribution in [-0.4, -0.2) is 49.1 Å². The number of likely N-dealkylation sites (N-methyl/N-ethyl adjacent to an activating group) is 1. The van der Waals surface area contributed by atoms with Crippen LogP contribution in [0, 0.1) is 0 Å². The van der Waals surface area contributed by atoms with Gasteiger partial charge >= 0.3 is 0 Å². The van der Waals surface area contributed by atoms with E-state index in [1.54, 1.807) is 43.6 Å². The van der Waals surface area contributed by atoms with E-state index in [9.17, 15) is 4.79 Å². The molecular weight excluding hydrogens is 402 g/mol. The summed E-state index contributed by atoms with van der Waals surface area (Å²) < 4.78 is 11.3. The van der Waals surface area contributed by atoms with Crippen LogP contribution in [0.3, 0.4) is 0 Å². The van der Waals surface area contributed by atoms with E-state index in [1.807, 2.05) is 12.1 Å². The maximum atomic E-state index is 12.9. The minimum absolute atomic E-state index is 0.291. The molecule has 1 heterocycles. The molecule has 0 spiro atoms. The zero-order valence-corrected chi connectivity index (χ0v) is 18.2. The van der Waals surface area contributed by atoms with E-state index < -0.39 is 0 Å². The summed E-state index contributed by atoms with van der Waals surface area (Å²) in [5, 5.41) is 4.20. The van der Waals surface area contributed by atoms with Gasteiger partial charge in [0.1, 0.15) is 6.61 Å². The number of nitrogens with one attached hydrogen (secondary N) is 1. The molecule has 1 amide bonds. The van der Waals surface area contributed by atoms with Crippen molar-refractivity contribution in [3.63, 3.8) is 0 Å². The second-order valence-electron chi connectivity index (χ2n) is 6.72. The highest BCUT2D eigenvalue weighted by molar-refractivity contribution is 6.32. The average molecular weight is 428 g/mol. The Labute approximate surface area is 181 Å². The number of benzene rings is 2. The van der Waals surface area contributed by atoms with Crippen LogP contribution in [0.5, 0.6) is 11.5 Å². The second kappa shape index (κ2) is 10.3. The number of methoxy groups -OCH3 is 1. The monoisotopic (exact) mass is 427 g/mol. The molecule has 3 aromatic rings. The van der Waals surface area contributed by atoms with Gasteiger partial charge in [-0.05, 0) is 43.4 Å². The van der Waals surface area contributed by atoms with Crippen LogP contribution in [0.15, 0.2) is 48.7 Å². The normalized spacial score (nSPS) is 11.0. The van der Waals surface area contributed by atoms with Crippen LogP contribution in [0.25, 0.3) is 10.9 Å². The maximum Gasteiger partial charge on any atom is 0.257 e. The smallest absolute Gasteiger partial charge is 0.257 e. The molecule has 158 valence electrons. The van der Waals surface area contributed by atoms with Crippen molar-refractivity contribution in [2.75, 3.05) is 38.7 Å². The van der Waals surface area contributed by atoms with E-state index in [4.69, 9.17) is 21.1 Å². The Morgan fingerprint density at radius 3 is 2.67 bits per heavy atom. The molecule has 3 rings (SSSR count). The summed E-state index contributed by atoms with van der Waals surface area (Å²) in [5.41, 5.74) is 1.62. The molecule has 7 heteroatoms. The molecule has 0 fully saturated rings. The van der Waals surface area contributed by atoms with E-state index in [-0.39, 0.29) is 5.91 Å². The number of pyridine rings is 1. The molecule has 0 saturated carbocycles. The van der Waals surface area contributed by atoms with Gasteiger partial charge in [0.25, 0.3) is 5.91 Å². The van der Waals surface area contributed by atoms with Crippen molar-refractivity contribution in [1.82, 2.24) is 9.88 Å². The van der Waals surface area contributed by atoms with Gasteiger partial charge in [-0.15, -0.1) is 0 Å². The van der Waals surface area contributed by atoms with Crippen LogP contribution >= 0.6 is 11.6 Å². The summed E-state index contributed by atoms with van der Waals surface area (Å²) in [7, 11) is 1.59. The topological polar surface area (TPSA) is 63.7 Å². The number of aromatic nitrogens is 1. The Balaban J connectivity index is 1.79. The van der Waals surface area contributed by atoms with E-state index in [1.165, 1.54) is 0 Å². The number of amides is 1. The van der Waals surface area contributed by atoms with Crippen molar-refractivity contribution in [2.45, 2.75) is 13.8 Å². The highest BCUT2D eigenvalue weighted by Gasteiger charge is 2.14. The second-order valence-corrected chi connectivity index (χ2v) is 7.16. The lowest BCUT2D eigenvalue weighted by atomic mass is 10.1. The fourth-order valence-electron chi connectivity index (χ4n) is 3.22. The lowest BCUT2D eigenvalue weighted by Gasteiger charge is -2.19. The zero-order chi connectivity index (χ0) is 21.5. The molecule has 0 aliphatic heterocycles. The lowest BCUT2D eigenvalue weighted by Crippen LogP contribution is -2.28. The highest BCUT2D eigenvalue weighted by atomic mass is 35.5. The summed E-state index contributed by atoms with van der Waals surface area (Å²) >= 11 is 6.19. The van der Waals surface area contributed by atoms with Gasteiger partial charge in [0.2, 0.25) is 0 Å². The van der Waals surface area contributed by atoms with Gasteiger partial charge in [0.05, 0.1) is 18.2 Å². The SMILES string of the molecule is CCN(CC)CCOc1cc(NC(=O)c2cc(Cl)cc3cccnc23)ccc1OC. The number of rotatable bonds is 9. The Kier molecular flexibility index (Phi) is 7.49. The third kappa shape index (κ3) is 5.20. The minimum Gasteiger partial charge on any atom is -0.493 e. The van der Waals surface area contributed by atoms with Gasteiger partial charge < -0.3 is 19.7 Å². The molecule has 30 heavy (non-hydrogen) atoms. The van der Waals surface area contributed by atoms with E-state index in [0.717, 1.165) is 25.0 Å². The van der Waals surface area contributed by atoms with Gasteiger partial charge in [0.15, 0.2) is 11.5 Å². The van der Waals surface area contributed by atoms with E-state index >= 15 is 0 Å². The minimum atomic E-state index is -0.291. The first kappa shape index (κ1) is 21.9. The van der Waals surface area contributed by atoms with Gasteiger partial charge in [-0.1, -0.05) is 31.5 Å². The summed E-state index contributed by atoms with van der Waals surface area (Å²) in [5.74, 6) is 0.902. The fourth-order valence-corrected chi connectivity index (χ4v) is 3.45. The van der Waals surface area contributed by atoms with Gasteiger partial charge in [0, 0.05) is 34.9 Å². The first-order valence-corrected chi connectivity index (χ1v) is 10.3. The Morgan fingerprint density at radius 1 is 1.13 bits per heavy atom. The van der Waals surface area contributed by atoms with E-state index in [0.29, 0.717) is 39.9 Å². The largest absolute Gasteiger partial charge is 0.493 e. The lowest BCUT2D eigenvalue weighted by molar-refractivity contribution is 0.102. The number of carbonyl (C=O) groups is 1. The van der Waals surface area contributed by atoms with Gasteiger partial charge in [-0.3, -0.25) is 9.78 Å². The van der Waals surface area contributed by atoms with Crippen molar-refractivity contribution in [1.29, 1.82) is 0 Å². The predicted molar refractivity (Wildman–Crippen MR) is 121 cm³/mol. The summed E-state index contributed by atoms with van der Waals surface area (Å²) in [6.07, 6.45) is 1.65. The molecule has 0 atom stereocenters. The number of hydrogen-bond acceptors (Lipinski definition) is 5. The predicted octanol–water partition coefficient (Wildman–Crippen LogP) is 4.87. The maximum absolute atomic E-state index is 12.9. The third-order valence-corrected chi connectivity index (χ3v) is 5.11. The number of halogens is 1. The highest BCUT2D eigenvalue weighted by Crippen LogP contribution is 2.31. The molecule has 0 bridgehead atoms. The number of ether oxygens (including phenoxy) is 2. The van der Waals surface area contributed by atoms with Crippen LogP contribution in [0.1, 0.15) is 24.2 Å². The standard InChI is InChI=1S/C23H26ClN3O3/c1-4-27(5-2)11-12-30-21-15-18(8-9-20(21)29-3)26-23(28)19-14-17(24)13-16-7-6-10-25-22(16)19/h6-10,13-15H,4-5,11-12H2,1-3H3,(H,26,28). The van der Waals surface area contributed by atoms with Crippen molar-refractivity contribution in [3.05, 3.63) is 59.2 Å². The number of nitrogens with zero attached hydrogens (tertiary/aromatic N) is 2. The van der Waals surface area contributed by atoms with E-state index in [2.05, 4.69) is 29.0 Å². The summed E-state index contributed by atoms with van der Waals surface area (Å²) in [4.78, 5) is 19.5. The fraction of sp³-hybridized carbons (Fsp3) is 0.304. The number of carbonyl (C=O) groups excluding carboxylic acids is 1. The molecule has 0 unspecified atom stereocenters. The van der Waals surface area contributed by atoms with Crippen LogP contribution < -0.4 is 14.8 Å². The molecule has 0 saturated heterocycles. The molecule has 0 aliphatic rings. The first-order chi connectivity index (χ1) is 14.5. The van der Waals surface area contributed by atoms with Crippen LogP contribution in [0.4, 0.5) is 5.69 Å². The van der Waals surface area contributed by atoms with Gasteiger partial charge in [-0.25, -0.2) is 0 Å². The number of anilines is 1. The van der Waals surface area contributed by atoms with Crippen LogP contribution in [-0.2, 0) is 0 Å². The molecule has 0 radical (unpaired) electrons. The molecular formula is C23H26ClN3O3. The Hall–Kier alpha value is -2.83. The Bertz CT molecular complexity index is 1020. The first-order valence-electron chi connectivity index (χ1n) is 9.94. The summed E-state index contributed by atoms with van der Waals surface area (Å²) in [6.45, 7) is 7.51. The Morgan fingerprint density at radius 2 is 1.93 bits per heavy atom.